The molecule has 0 aliphatic rings. The molecule has 1 aromatic carbocycles. The van der Waals surface area contributed by atoms with E-state index >= 15 is 0 Å². The Labute approximate surface area is 119 Å². The summed E-state index contributed by atoms with van der Waals surface area (Å²) in [5, 5.41) is 0. The van der Waals surface area contributed by atoms with Gasteiger partial charge in [-0.3, -0.25) is 9.69 Å². The smallest absolute Gasteiger partial charge is 0.228 e. The molecule has 4 heteroatoms. The summed E-state index contributed by atoms with van der Waals surface area (Å²) in [6, 6.07) is 11.7. The number of rotatable bonds is 4. The number of hydrogen-bond donors (Lipinski definition) is 1. The summed E-state index contributed by atoms with van der Waals surface area (Å²) in [4.78, 5) is 17.9. The molecular weight excluding hydrogens is 250 g/mol. The Balaban J connectivity index is 1.96. The van der Waals surface area contributed by atoms with E-state index in [0.29, 0.717) is 17.9 Å². The van der Waals surface area contributed by atoms with Crippen LogP contribution in [-0.4, -0.2) is 17.9 Å². The summed E-state index contributed by atoms with van der Waals surface area (Å²) in [6.45, 7) is 2.05. The third-order valence-electron chi connectivity index (χ3n) is 3.20. The Hall–Kier alpha value is -2.36. The zero-order chi connectivity index (χ0) is 14.5. The number of aryl methyl sites for hydroxylation is 2. The van der Waals surface area contributed by atoms with Crippen LogP contribution in [0.5, 0.6) is 0 Å². The molecule has 0 aliphatic heterocycles. The molecule has 20 heavy (non-hydrogen) atoms. The van der Waals surface area contributed by atoms with Crippen LogP contribution in [0.2, 0.25) is 0 Å². The molecule has 0 radical (unpaired) electrons. The van der Waals surface area contributed by atoms with Crippen molar-refractivity contribution < 1.29 is 4.79 Å². The second-order valence-electron chi connectivity index (χ2n) is 4.89. The summed E-state index contributed by atoms with van der Waals surface area (Å²) in [6.07, 6.45) is 2.76. The van der Waals surface area contributed by atoms with Gasteiger partial charge in [0.2, 0.25) is 5.91 Å². The Morgan fingerprint density at radius 3 is 2.75 bits per heavy atom. The lowest BCUT2D eigenvalue weighted by molar-refractivity contribution is -0.118. The van der Waals surface area contributed by atoms with E-state index in [2.05, 4.69) is 24.0 Å². The monoisotopic (exact) mass is 269 g/mol. The van der Waals surface area contributed by atoms with Gasteiger partial charge in [-0.25, -0.2) is 4.98 Å². The maximum Gasteiger partial charge on any atom is 0.228 e. The lowest BCUT2D eigenvalue weighted by Gasteiger charge is -2.16. The normalized spacial score (nSPS) is 10.3. The van der Waals surface area contributed by atoms with E-state index in [1.165, 1.54) is 11.1 Å². The van der Waals surface area contributed by atoms with Gasteiger partial charge in [-0.2, -0.15) is 0 Å². The van der Waals surface area contributed by atoms with E-state index in [1.54, 1.807) is 30.3 Å². The van der Waals surface area contributed by atoms with Gasteiger partial charge in [0.15, 0.2) is 0 Å². The molecule has 2 rings (SSSR count). The second kappa shape index (κ2) is 6.19. The highest BCUT2D eigenvalue weighted by molar-refractivity contribution is 5.92. The molecule has 0 fully saturated rings. The van der Waals surface area contributed by atoms with Crippen LogP contribution in [0.4, 0.5) is 11.5 Å². The van der Waals surface area contributed by atoms with Crippen molar-refractivity contribution in [3.8, 4) is 0 Å². The van der Waals surface area contributed by atoms with Gasteiger partial charge in [0.05, 0.1) is 11.9 Å². The number of aromatic nitrogens is 1. The number of pyridine rings is 1. The minimum absolute atomic E-state index is 0.0452. The van der Waals surface area contributed by atoms with Crippen molar-refractivity contribution in [3.05, 3.63) is 53.7 Å². The third-order valence-corrected chi connectivity index (χ3v) is 3.20. The molecule has 1 aromatic heterocycles. The van der Waals surface area contributed by atoms with Crippen LogP contribution in [-0.2, 0) is 11.2 Å². The number of carbonyl (C=O) groups is 1. The van der Waals surface area contributed by atoms with Crippen LogP contribution in [0.25, 0.3) is 0 Å². The van der Waals surface area contributed by atoms with Gasteiger partial charge in [-0.15, -0.1) is 0 Å². The molecule has 2 N–H and O–H groups in total. The van der Waals surface area contributed by atoms with Crippen molar-refractivity contribution in [2.45, 2.75) is 19.8 Å². The molecule has 0 unspecified atom stereocenters. The van der Waals surface area contributed by atoms with Crippen molar-refractivity contribution in [3.63, 3.8) is 0 Å². The molecule has 0 bridgehead atoms. The van der Waals surface area contributed by atoms with Gasteiger partial charge in [0.25, 0.3) is 0 Å². The summed E-state index contributed by atoms with van der Waals surface area (Å²) in [5.74, 6) is 0.664. The number of anilines is 2. The first-order valence-corrected chi connectivity index (χ1v) is 6.60. The van der Waals surface area contributed by atoms with Crippen molar-refractivity contribution in [2.75, 3.05) is 17.7 Å². The fourth-order valence-corrected chi connectivity index (χ4v) is 2.01. The number of carbonyl (C=O) groups excluding carboxylic acids is 1. The van der Waals surface area contributed by atoms with Crippen molar-refractivity contribution in [1.29, 1.82) is 0 Å². The minimum atomic E-state index is 0.0452. The molecule has 1 amide bonds. The Kier molecular flexibility index (Phi) is 4.35. The quantitative estimate of drug-likeness (QED) is 0.928. The predicted molar refractivity (Wildman–Crippen MR) is 81.6 cm³/mol. The first-order valence-electron chi connectivity index (χ1n) is 6.60. The number of amides is 1. The average molecular weight is 269 g/mol. The Morgan fingerprint density at radius 1 is 1.30 bits per heavy atom. The molecule has 0 aliphatic carbocycles. The first-order chi connectivity index (χ1) is 9.56. The van der Waals surface area contributed by atoms with E-state index in [-0.39, 0.29) is 5.91 Å². The van der Waals surface area contributed by atoms with E-state index in [9.17, 15) is 4.79 Å². The zero-order valence-corrected chi connectivity index (χ0v) is 11.8. The van der Waals surface area contributed by atoms with Crippen molar-refractivity contribution in [1.82, 2.24) is 4.98 Å². The van der Waals surface area contributed by atoms with Crippen LogP contribution in [0.3, 0.4) is 0 Å². The van der Waals surface area contributed by atoms with Crippen LogP contribution < -0.4 is 10.6 Å². The van der Waals surface area contributed by atoms with Crippen LogP contribution in [0.1, 0.15) is 17.5 Å². The third kappa shape index (κ3) is 3.57. The molecular formula is C16H19N3O. The fourth-order valence-electron chi connectivity index (χ4n) is 2.01. The number of nitrogen functional groups attached to an aromatic ring is 1. The van der Waals surface area contributed by atoms with E-state index in [0.717, 1.165) is 6.42 Å². The summed E-state index contributed by atoms with van der Waals surface area (Å²) < 4.78 is 0. The molecule has 2 aromatic rings. The lowest BCUT2D eigenvalue weighted by atomic mass is 10.1. The van der Waals surface area contributed by atoms with E-state index < -0.39 is 0 Å². The standard InChI is InChI=1S/C16H19N3O/c1-12-4-3-5-13(10-12)6-9-16(20)19(2)15-8-7-14(17)11-18-15/h3-5,7-8,10-11H,6,9,17H2,1-2H3. The zero-order valence-electron chi connectivity index (χ0n) is 11.8. The van der Waals surface area contributed by atoms with Crippen LogP contribution in [0, 0.1) is 6.92 Å². The SMILES string of the molecule is Cc1cccc(CCC(=O)N(C)c2ccc(N)cn2)c1. The topological polar surface area (TPSA) is 59.2 Å². The van der Waals surface area contributed by atoms with Gasteiger partial charge in [0, 0.05) is 13.5 Å². The molecule has 0 saturated carbocycles. The Bertz CT molecular complexity index is 593. The Morgan fingerprint density at radius 2 is 2.10 bits per heavy atom. The minimum Gasteiger partial charge on any atom is -0.397 e. The molecule has 0 atom stereocenters. The molecule has 1 heterocycles. The molecule has 0 saturated heterocycles. The maximum atomic E-state index is 12.1. The van der Waals surface area contributed by atoms with Crippen LogP contribution in [0.15, 0.2) is 42.6 Å². The summed E-state index contributed by atoms with van der Waals surface area (Å²) >= 11 is 0. The summed E-state index contributed by atoms with van der Waals surface area (Å²) in [5.41, 5.74) is 8.57. The van der Waals surface area contributed by atoms with Crippen molar-refractivity contribution >= 4 is 17.4 Å². The second-order valence-corrected chi connectivity index (χ2v) is 4.89. The highest BCUT2D eigenvalue weighted by Crippen LogP contribution is 2.13. The van der Waals surface area contributed by atoms with E-state index in [4.69, 9.17) is 5.73 Å². The highest BCUT2D eigenvalue weighted by Gasteiger charge is 2.11. The summed E-state index contributed by atoms with van der Waals surface area (Å²) in [7, 11) is 1.73. The fraction of sp³-hybridized carbons (Fsp3) is 0.250. The first kappa shape index (κ1) is 14.1. The van der Waals surface area contributed by atoms with E-state index in [1.807, 2.05) is 12.1 Å². The number of nitrogens with zero attached hydrogens (tertiary/aromatic N) is 2. The number of nitrogens with two attached hydrogens (primary N) is 1. The van der Waals surface area contributed by atoms with Gasteiger partial charge in [-0.1, -0.05) is 29.8 Å². The highest BCUT2D eigenvalue weighted by atomic mass is 16.2. The number of benzene rings is 1. The molecule has 0 spiro atoms. The van der Waals surface area contributed by atoms with Gasteiger partial charge in [0.1, 0.15) is 5.82 Å². The molecule has 4 nitrogen and oxygen atoms in total. The largest absolute Gasteiger partial charge is 0.397 e. The maximum absolute atomic E-state index is 12.1. The number of hydrogen-bond acceptors (Lipinski definition) is 3. The average Bonchev–Trinajstić information content (AvgIpc) is 2.45. The van der Waals surface area contributed by atoms with Gasteiger partial charge < -0.3 is 5.73 Å². The lowest BCUT2D eigenvalue weighted by Crippen LogP contribution is -2.27. The van der Waals surface area contributed by atoms with Crippen molar-refractivity contribution in [2.24, 2.45) is 0 Å². The van der Waals surface area contributed by atoms with Gasteiger partial charge in [-0.05, 0) is 31.0 Å². The predicted octanol–water partition coefficient (Wildman–Crippen LogP) is 2.57. The van der Waals surface area contributed by atoms with Gasteiger partial charge >= 0.3 is 0 Å². The van der Waals surface area contributed by atoms with Crippen LogP contribution >= 0.6 is 0 Å². The molecule has 104 valence electrons.